The molecule has 13 N–H and O–H groups in total. The summed E-state index contributed by atoms with van der Waals surface area (Å²) in [5, 5.41) is 36.8. The number of amides is 7. The number of aryl methyl sites for hydroxylation is 1. The van der Waals surface area contributed by atoms with Gasteiger partial charge in [0.15, 0.2) is 5.43 Å². The number of aromatic carboxylic acids is 1. The van der Waals surface area contributed by atoms with Crippen molar-refractivity contribution in [2.75, 3.05) is 13.1 Å². The fraction of sp³-hybridized carbons (Fsp3) is 0.297. The van der Waals surface area contributed by atoms with E-state index in [0.29, 0.717) is 34.1 Å². The van der Waals surface area contributed by atoms with Gasteiger partial charge in [-0.25, -0.2) is 9.32 Å². The van der Waals surface area contributed by atoms with Gasteiger partial charge in [0, 0.05) is 59.3 Å². The maximum atomic E-state index is 14.6. The van der Waals surface area contributed by atoms with Gasteiger partial charge in [-0.05, 0) is 129 Å². The van der Waals surface area contributed by atoms with E-state index in [4.69, 9.17) is 20.8 Å². The number of benzene rings is 6. The van der Waals surface area contributed by atoms with E-state index in [1.165, 1.54) is 67.6 Å². The molecule has 5 aromatic carbocycles. The molecule has 474 valence electrons. The van der Waals surface area contributed by atoms with Crippen LogP contribution in [0.1, 0.15) is 106 Å². The summed E-state index contributed by atoms with van der Waals surface area (Å²) in [6.07, 6.45) is -2.76. The van der Waals surface area contributed by atoms with Crippen LogP contribution in [-0.2, 0) is 58.4 Å². The molecule has 6 unspecified atom stereocenters. The van der Waals surface area contributed by atoms with Gasteiger partial charge in [-0.15, -0.1) is 0 Å². The quantitative estimate of drug-likeness (QED) is 0.0140. The highest BCUT2D eigenvalue weighted by Gasteiger charge is 2.36. The van der Waals surface area contributed by atoms with Crippen LogP contribution in [0, 0.1) is 0 Å². The Kier molecular flexibility index (Phi) is 23.7. The Morgan fingerprint density at radius 3 is 1.86 bits per heavy atom. The Hall–Kier alpha value is -9.68. The predicted molar refractivity (Wildman–Crippen MR) is 328 cm³/mol. The lowest BCUT2D eigenvalue weighted by molar-refractivity contribution is -0.186. The molecule has 0 aromatic heterocycles. The number of phenols is 1. The molecule has 0 saturated heterocycles. The molecule has 0 radical (unpaired) electrons. The number of nitrogens with two attached hydrogens (primary N) is 2. The Morgan fingerprint density at radius 1 is 0.644 bits per heavy atom. The van der Waals surface area contributed by atoms with Gasteiger partial charge in [0.25, 0.3) is 11.8 Å². The normalized spacial score (nSPS) is 13.4. The number of nitrogens with one attached hydrogen (secondary N) is 6. The molecule has 0 fully saturated rings. The summed E-state index contributed by atoms with van der Waals surface area (Å²) in [6.45, 7) is 3.50. The molecule has 1 heterocycles. The molecule has 1 aliphatic carbocycles. The predicted octanol–water partition coefficient (Wildman–Crippen LogP) is 5.74. The molecular formula is C64H69F2N8O15P. The van der Waals surface area contributed by atoms with Gasteiger partial charge in [0.1, 0.15) is 41.3 Å². The van der Waals surface area contributed by atoms with Crippen LogP contribution < -0.4 is 48.8 Å². The van der Waals surface area contributed by atoms with E-state index in [2.05, 4.69) is 36.4 Å². The van der Waals surface area contributed by atoms with Crippen LogP contribution in [0.25, 0.3) is 33.4 Å². The molecule has 26 heteroatoms. The van der Waals surface area contributed by atoms with Crippen molar-refractivity contribution in [1.82, 2.24) is 31.9 Å². The first-order chi connectivity index (χ1) is 42.9. The third-order valence-corrected chi connectivity index (χ3v) is 15.2. The van der Waals surface area contributed by atoms with Crippen LogP contribution in [0.3, 0.4) is 0 Å². The van der Waals surface area contributed by atoms with Crippen molar-refractivity contribution in [1.29, 1.82) is 0 Å². The topological polar surface area (TPSA) is 378 Å². The molecule has 0 saturated carbocycles. The number of phenolic OH excluding ortho intramolecular Hbond substituents is 1. The third-order valence-electron chi connectivity index (χ3n) is 14.8. The van der Waals surface area contributed by atoms with E-state index < -0.39 is 91.5 Å². The van der Waals surface area contributed by atoms with Crippen molar-refractivity contribution >= 4 is 66.5 Å². The highest BCUT2D eigenvalue weighted by Crippen LogP contribution is 2.42. The number of rotatable bonds is 31. The van der Waals surface area contributed by atoms with Gasteiger partial charge in [-0.3, -0.25) is 42.9 Å². The molecule has 0 spiro atoms. The lowest BCUT2D eigenvalue weighted by atomic mass is 9.90. The van der Waals surface area contributed by atoms with E-state index >= 15 is 0 Å². The van der Waals surface area contributed by atoms with Crippen molar-refractivity contribution in [3.05, 3.63) is 183 Å². The SMILES string of the molecule is CCc1ccc(C(=O)NCCCCC(NC(=O)C(Cc2ccc(C(F)(F)O[PH](=O)O)cc2)NC(=O)C(N)Cc2ccccc2)C(=O)NC(C)C(=O)NC(CCCCNC(=O)c2ccc(-c3c4ccc(=O)cc-4oc4cc(O)ccc34)c(C(=O)O)c2)C(N)=O)cc1. The van der Waals surface area contributed by atoms with E-state index in [1.807, 2.05) is 19.1 Å². The first-order valence-electron chi connectivity index (χ1n) is 28.8. The van der Waals surface area contributed by atoms with Crippen LogP contribution in [-0.4, -0.2) is 106 Å². The van der Waals surface area contributed by atoms with E-state index in [1.54, 1.807) is 48.5 Å². The molecule has 7 amide bonds. The lowest BCUT2D eigenvalue weighted by Crippen LogP contribution is -2.58. The number of carboxylic acids is 1. The molecule has 1 aliphatic heterocycles. The molecule has 6 atom stereocenters. The minimum absolute atomic E-state index is 0.000905. The second-order valence-electron chi connectivity index (χ2n) is 21.3. The fourth-order valence-electron chi connectivity index (χ4n) is 9.87. The van der Waals surface area contributed by atoms with Gasteiger partial charge in [0.05, 0.1) is 17.2 Å². The van der Waals surface area contributed by atoms with Crippen LogP contribution in [0.2, 0.25) is 0 Å². The molecule has 2 aliphatic rings. The first-order valence-corrected chi connectivity index (χ1v) is 30.1. The minimum atomic E-state index is -4.15. The average molecular weight is 1260 g/mol. The second-order valence-corrected chi connectivity index (χ2v) is 22.1. The minimum Gasteiger partial charge on any atom is -0.508 e. The summed E-state index contributed by atoms with van der Waals surface area (Å²) >= 11 is 0. The van der Waals surface area contributed by atoms with Crippen molar-refractivity contribution in [3.63, 3.8) is 0 Å². The summed E-state index contributed by atoms with van der Waals surface area (Å²) < 4.78 is 50.0. The summed E-state index contributed by atoms with van der Waals surface area (Å²) in [5.41, 5.74) is 14.2. The Labute approximate surface area is 515 Å². The Morgan fingerprint density at radius 2 is 1.22 bits per heavy atom. The van der Waals surface area contributed by atoms with Crippen LogP contribution >= 0.6 is 8.25 Å². The van der Waals surface area contributed by atoms with E-state index in [9.17, 15) is 66.7 Å². The first kappa shape index (κ1) is 67.8. The summed E-state index contributed by atoms with van der Waals surface area (Å²) in [6, 6.07) is 25.7. The zero-order chi connectivity index (χ0) is 65.2. The lowest BCUT2D eigenvalue weighted by Gasteiger charge is -2.26. The number of fused-ring (bicyclic) bond motifs is 2. The zero-order valence-corrected chi connectivity index (χ0v) is 50.0. The molecule has 0 bridgehead atoms. The Balaban J connectivity index is 0.995. The number of carboxylic acid groups (broad SMARTS) is 1. The van der Waals surface area contributed by atoms with E-state index in [0.717, 1.165) is 24.1 Å². The molecule has 90 heavy (non-hydrogen) atoms. The molecule has 23 nitrogen and oxygen atoms in total. The van der Waals surface area contributed by atoms with Gasteiger partial charge in [-0.2, -0.15) is 8.78 Å². The number of primary amides is 1. The number of halogens is 2. The van der Waals surface area contributed by atoms with Crippen LogP contribution in [0.5, 0.6) is 5.75 Å². The maximum absolute atomic E-state index is 14.6. The molecule has 7 rings (SSSR count). The van der Waals surface area contributed by atoms with Gasteiger partial charge < -0.3 is 62.9 Å². The molecule has 5 aromatic rings. The third kappa shape index (κ3) is 18.7. The highest BCUT2D eigenvalue weighted by atomic mass is 31.1. The highest BCUT2D eigenvalue weighted by molar-refractivity contribution is 7.32. The number of carbonyl (C=O) groups excluding carboxylic acids is 7. The smallest absolute Gasteiger partial charge is 0.389 e. The fourth-order valence-corrected chi connectivity index (χ4v) is 10.2. The maximum Gasteiger partial charge on any atom is 0.389 e. The number of carbonyl (C=O) groups is 8. The second kappa shape index (κ2) is 31.5. The number of hydrogen-bond acceptors (Lipinski definition) is 14. The molecular weight excluding hydrogens is 1190 g/mol. The van der Waals surface area contributed by atoms with Gasteiger partial charge in [0.2, 0.25) is 29.5 Å². The number of aromatic hydroxyl groups is 1. The average Bonchev–Trinajstić information content (AvgIpc) is 0.787. The zero-order valence-electron chi connectivity index (χ0n) is 49.0. The summed E-state index contributed by atoms with van der Waals surface area (Å²) in [7, 11) is -4.06. The number of alkyl halides is 2. The van der Waals surface area contributed by atoms with Gasteiger partial charge in [-0.1, -0.05) is 79.7 Å². The number of hydrogen-bond donors (Lipinski definition) is 11. The van der Waals surface area contributed by atoms with Crippen molar-refractivity contribution in [3.8, 4) is 28.2 Å². The van der Waals surface area contributed by atoms with Crippen LogP contribution in [0.15, 0.2) is 143 Å². The summed E-state index contributed by atoms with van der Waals surface area (Å²) in [5.74, 6) is -6.65. The summed E-state index contributed by atoms with van der Waals surface area (Å²) in [4.78, 5) is 129. The largest absolute Gasteiger partial charge is 0.508 e. The standard InChI is InChI=1S/C64H69F2N8O15P/c1-3-37-15-19-40(20-16-37)58(79)69-29-10-8-14-51(73-62(83)52(74-60(81)49(67)31-38-11-5-4-6-12-38)32-39-17-22-42(23-18-39)64(65,66)89-90(86)87)61(82)71-36(2)57(78)72-50(56(68)77)13-7-9-30-70-59(80)41-21-26-45(48(33-41)63(84)85)55-46-27-24-43(75)34-53(46)88-54-35-44(76)25-28-47(54)55/h4-6,11-12,15-28,33-36,49-52,75,90H,3,7-10,13-14,29-32,67H2,1-2H3,(H2,68,77)(H,69,79)(H,70,80)(H,71,82)(H,72,78)(H,73,83)(H,74,81)(H,84,85)(H,86,87). The van der Waals surface area contributed by atoms with Crippen molar-refractivity contribution < 1.29 is 75.7 Å². The van der Waals surface area contributed by atoms with Crippen LogP contribution in [0.4, 0.5) is 8.78 Å². The van der Waals surface area contributed by atoms with E-state index in [-0.39, 0.29) is 109 Å². The Bertz CT molecular complexity index is 3800. The monoisotopic (exact) mass is 1260 g/mol. The van der Waals surface area contributed by atoms with Gasteiger partial charge >= 0.3 is 20.3 Å². The van der Waals surface area contributed by atoms with Crippen molar-refractivity contribution in [2.45, 2.75) is 108 Å². The van der Waals surface area contributed by atoms with Crippen molar-refractivity contribution in [2.24, 2.45) is 11.5 Å². The number of unbranched alkanes of at least 4 members (excludes halogenated alkanes) is 2.